The summed E-state index contributed by atoms with van der Waals surface area (Å²) in [6, 6.07) is 3.69. The second-order valence-corrected chi connectivity index (χ2v) is 6.44. The number of aliphatic hydroxyl groups is 1. The van der Waals surface area contributed by atoms with Crippen LogP contribution in [0.2, 0.25) is 0 Å². The molecule has 2 rings (SSSR count). The first kappa shape index (κ1) is 14.8. The van der Waals surface area contributed by atoms with Gasteiger partial charge in [-0.3, -0.25) is 0 Å². The Morgan fingerprint density at radius 1 is 1.47 bits per heavy atom. The zero-order chi connectivity index (χ0) is 13.9. The largest absolute Gasteiger partial charge is 0.394 e. The van der Waals surface area contributed by atoms with Crippen molar-refractivity contribution >= 4 is 11.8 Å². The van der Waals surface area contributed by atoms with Gasteiger partial charge < -0.3 is 10.4 Å². The molecule has 0 aliphatic heterocycles. The maximum Gasteiger partial charge on any atom is 0.139 e. The number of benzene rings is 1. The van der Waals surface area contributed by atoms with Gasteiger partial charge in [0.15, 0.2) is 0 Å². The number of hydrogen-bond acceptors (Lipinski definition) is 3. The van der Waals surface area contributed by atoms with Crippen LogP contribution in [0.1, 0.15) is 25.7 Å². The smallest absolute Gasteiger partial charge is 0.139 e. The highest BCUT2D eigenvalue weighted by Crippen LogP contribution is 2.38. The summed E-state index contributed by atoms with van der Waals surface area (Å²) < 4.78 is 26.5. The van der Waals surface area contributed by atoms with Gasteiger partial charge in [0.05, 0.1) is 6.61 Å². The van der Waals surface area contributed by atoms with Gasteiger partial charge in [-0.15, -0.1) is 11.8 Å². The Bertz CT molecular complexity index is 437. The third kappa shape index (κ3) is 3.46. The van der Waals surface area contributed by atoms with Gasteiger partial charge >= 0.3 is 0 Å². The van der Waals surface area contributed by atoms with Crippen molar-refractivity contribution in [2.75, 3.05) is 13.7 Å². The molecule has 0 radical (unpaired) electrons. The third-order valence-corrected chi connectivity index (χ3v) is 5.14. The molecule has 2 unspecified atom stereocenters. The lowest BCUT2D eigenvalue weighted by molar-refractivity contribution is 0.131. The number of rotatable bonds is 4. The Morgan fingerprint density at radius 2 is 2.26 bits per heavy atom. The minimum Gasteiger partial charge on any atom is -0.394 e. The van der Waals surface area contributed by atoms with Gasteiger partial charge in [-0.1, -0.05) is 6.42 Å². The summed E-state index contributed by atoms with van der Waals surface area (Å²) in [4.78, 5) is 0.483. The molecule has 1 aliphatic carbocycles. The van der Waals surface area contributed by atoms with E-state index in [-0.39, 0.29) is 17.4 Å². The first-order valence-corrected chi connectivity index (χ1v) is 7.38. The molecule has 19 heavy (non-hydrogen) atoms. The van der Waals surface area contributed by atoms with E-state index >= 15 is 0 Å². The topological polar surface area (TPSA) is 32.3 Å². The Morgan fingerprint density at radius 3 is 2.89 bits per heavy atom. The Kier molecular flexibility index (Phi) is 4.81. The molecular weight excluding hydrogens is 268 g/mol. The quantitative estimate of drug-likeness (QED) is 0.893. The van der Waals surface area contributed by atoms with Crippen LogP contribution in [0.15, 0.2) is 23.1 Å². The molecular formula is C14H19F2NOS. The number of nitrogens with one attached hydrogen (secondary N) is 1. The molecule has 0 bridgehead atoms. The summed E-state index contributed by atoms with van der Waals surface area (Å²) in [6.07, 6.45) is 3.72. The third-order valence-electron chi connectivity index (χ3n) is 3.82. The highest BCUT2D eigenvalue weighted by molar-refractivity contribution is 8.00. The molecule has 1 fully saturated rings. The maximum atomic E-state index is 13.6. The summed E-state index contributed by atoms with van der Waals surface area (Å²) in [5.74, 6) is -1.06. The molecule has 1 aliphatic rings. The van der Waals surface area contributed by atoms with E-state index in [0.29, 0.717) is 4.90 Å². The Balaban J connectivity index is 2.06. The summed E-state index contributed by atoms with van der Waals surface area (Å²) in [7, 11) is 1.85. The van der Waals surface area contributed by atoms with Crippen molar-refractivity contribution in [1.82, 2.24) is 5.32 Å². The normalized spacial score (nSPS) is 27.5. The van der Waals surface area contributed by atoms with Gasteiger partial charge in [-0.2, -0.15) is 0 Å². The molecule has 106 valence electrons. The number of halogens is 2. The van der Waals surface area contributed by atoms with E-state index in [9.17, 15) is 13.9 Å². The fourth-order valence-electron chi connectivity index (χ4n) is 2.61. The van der Waals surface area contributed by atoms with E-state index in [0.717, 1.165) is 31.7 Å². The van der Waals surface area contributed by atoms with Crippen LogP contribution in [-0.4, -0.2) is 29.5 Å². The van der Waals surface area contributed by atoms with Crippen LogP contribution in [0.25, 0.3) is 0 Å². The number of aliphatic hydroxyl groups excluding tert-OH is 1. The van der Waals surface area contributed by atoms with Crippen LogP contribution < -0.4 is 5.32 Å². The van der Waals surface area contributed by atoms with E-state index in [4.69, 9.17) is 0 Å². The second kappa shape index (κ2) is 6.20. The summed E-state index contributed by atoms with van der Waals surface area (Å²) in [5.41, 5.74) is -0.258. The first-order valence-electron chi connectivity index (χ1n) is 6.50. The highest BCUT2D eigenvalue weighted by Gasteiger charge is 2.35. The highest BCUT2D eigenvalue weighted by atomic mass is 32.2. The molecule has 0 aromatic heterocycles. The lowest BCUT2D eigenvalue weighted by Gasteiger charge is -2.39. The van der Waals surface area contributed by atoms with Crippen molar-refractivity contribution in [2.24, 2.45) is 0 Å². The standard InChI is InChI=1S/C14H19F2NOS/c1-17-14(9-18)6-2-3-11(8-14)19-13-5-4-10(15)7-12(13)16/h4-5,7,11,17-18H,2-3,6,8-9H2,1H3. The molecule has 1 aromatic carbocycles. The minimum atomic E-state index is -0.551. The average Bonchev–Trinajstić information content (AvgIpc) is 2.42. The van der Waals surface area contributed by atoms with Crippen molar-refractivity contribution in [3.05, 3.63) is 29.8 Å². The SMILES string of the molecule is CNC1(CO)CCCC(Sc2ccc(F)cc2F)C1. The molecule has 5 heteroatoms. The Labute approximate surface area is 116 Å². The van der Waals surface area contributed by atoms with Gasteiger partial charge in [0.1, 0.15) is 11.6 Å². The van der Waals surface area contributed by atoms with Gasteiger partial charge in [0.2, 0.25) is 0 Å². The average molecular weight is 287 g/mol. The minimum absolute atomic E-state index is 0.0897. The van der Waals surface area contributed by atoms with Crippen LogP contribution in [-0.2, 0) is 0 Å². The van der Waals surface area contributed by atoms with E-state index in [2.05, 4.69) is 5.32 Å². The fraction of sp³-hybridized carbons (Fsp3) is 0.571. The predicted octanol–water partition coefficient (Wildman–Crippen LogP) is 2.95. The second-order valence-electron chi connectivity index (χ2n) is 5.10. The van der Waals surface area contributed by atoms with Gasteiger partial charge in [-0.05, 0) is 38.4 Å². The maximum absolute atomic E-state index is 13.6. The zero-order valence-electron chi connectivity index (χ0n) is 11.0. The van der Waals surface area contributed by atoms with Gasteiger partial charge in [0.25, 0.3) is 0 Å². The molecule has 1 aromatic rings. The van der Waals surface area contributed by atoms with Crippen LogP contribution in [0, 0.1) is 11.6 Å². The van der Waals surface area contributed by atoms with Gasteiger partial charge in [0, 0.05) is 21.8 Å². The van der Waals surface area contributed by atoms with Crippen LogP contribution in [0.3, 0.4) is 0 Å². The predicted molar refractivity (Wildman–Crippen MR) is 73.3 cm³/mol. The van der Waals surface area contributed by atoms with Crippen LogP contribution in [0.5, 0.6) is 0 Å². The van der Waals surface area contributed by atoms with E-state index in [1.54, 1.807) is 0 Å². The van der Waals surface area contributed by atoms with Crippen LogP contribution in [0.4, 0.5) is 8.78 Å². The monoisotopic (exact) mass is 287 g/mol. The van der Waals surface area contributed by atoms with E-state index in [1.165, 1.54) is 23.9 Å². The molecule has 1 saturated carbocycles. The van der Waals surface area contributed by atoms with Crippen molar-refractivity contribution in [3.8, 4) is 0 Å². The molecule has 0 heterocycles. The number of hydrogen-bond donors (Lipinski definition) is 2. The van der Waals surface area contributed by atoms with Crippen molar-refractivity contribution < 1.29 is 13.9 Å². The Hall–Kier alpha value is -0.650. The number of likely N-dealkylation sites (N-methyl/N-ethyl adjacent to an activating group) is 1. The van der Waals surface area contributed by atoms with Crippen LogP contribution >= 0.6 is 11.8 Å². The molecule has 2 N–H and O–H groups in total. The zero-order valence-corrected chi connectivity index (χ0v) is 11.8. The van der Waals surface area contributed by atoms with E-state index in [1.807, 2.05) is 7.05 Å². The van der Waals surface area contributed by atoms with Crippen molar-refractivity contribution in [1.29, 1.82) is 0 Å². The molecule has 0 saturated heterocycles. The van der Waals surface area contributed by atoms with Crippen molar-refractivity contribution in [3.63, 3.8) is 0 Å². The lowest BCUT2D eigenvalue weighted by atomic mass is 9.82. The lowest BCUT2D eigenvalue weighted by Crippen LogP contribution is -2.50. The molecule has 2 nitrogen and oxygen atoms in total. The summed E-state index contributed by atoms with van der Waals surface area (Å²) in [5, 5.41) is 13.0. The summed E-state index contributed by atoms with van der Waals surface area (Å²) >= 11 is 1.44. The van der Waals surface area contributed by atoms with Crippen molar-refractivity contribution in [2.45, 2.75) is 41.4 Å². The molecule has 2 atom stereocenters. The number of thioether (sulfide) groups is 1. The first-order chi connectivity index (χ1) is 9.08. The van der Waals surface area contributed by atoms with Gasteiger partial charge in [-0.25, -0.2) is 8.78 Å². The fourth-order valence-corrected chi connectivity index (χ4v) is 3.97. The van der Waals surface area contributed by atoms with E-state index < -0.39 is 11.6 Å². The molecule has 0 amide bonds. The summed E-state index contributed by atoms with van der Waals surface area (Å²) in [6.45, 7) is 0.0897. The molecule has 0 spiro atoms.